The molecule has 0 saturated carbocycles. The van der Waals surface area contributed by atoms with E-state index in [0.29, 0.717) is 18.7 Å². The van der Waals surface area contributed by atoms with Crippen molar-refractivity contribution in [3.05, 3.63) is 35.4 Å². The van der Waals surface area contributed by atoms with Gasteiger partial charge >= 0.3 is 0 Å². The van der Waals surface area contributed by atoms with Crippen LogP contribution in [0, 0.1) is 0 Å². The summed E-state index contributed by atoms with van der Waals surface area (Å²) in [7, 11) is 1.62. The Bertz CT molecular complexity index is 551. The van der Waals surface area contributed by atoms with Gasteiger partial charge in [0.05, 0.1) is 12.6 Å². The number of hydrogen-bond donors (Lipinski definition) is 3. The summed E-state index contributed by atoms with van der Waals surface area (Å²) in [5.41, 5.74) is 1.62. The number of halogens is 1. The molecule has 1 fully saturated rings. The zero-order chi connectivity index (χ0) is 15.9. The number of aliphatic hydroxyl groups excluding tert-OH is 1. The zero-order valence-corrected chi connectivity index (χ0v) is 15.9. The quantitative estimate of drug-likeness (QED) is 0.380. The minimum absolute atomic E-state index is 0. The van der Waals surface area contributed by atoms with Crippen molar-refractivity contribution in [2.45, 2.75) is 26.0 Å². The van der Waals surface area contributed by atoms with Gasteiger partial charge in [-0.25, -0.2) is 4.99 Å². The topological polar surface area (TPSA) is 77.0 Å². The van der Waals surface area contributed by atoms with Crippen LogP contribution in [0.1, 0.15) is 29.3 Å². The maximum atomic E-state index is 11.7. The van der Waals surface area contributed by atoms with Crippen LogP contribution in [0.25, 0.3) is 0 Å². The van der Waals surface area contributed by atoms with Crippen LogP contribution in [0.4, 0.5) is 0 Å². The van der Waals surface area contributed by atoms with Gasteiger partial charge in [-0.1, -0.05) is 12.1 Å². The lowest BCUT2D eigenvalue weighted by Gasteiger charge is -2.21. The van der Waals surface area contributed by atoms with Crippen LogP contribution in [0.3, 0.4) is 0 Å². The molecular weight excluding hydrogens is 407 g/mol. The summed E-state index contributed by atoms with van der Waals surface area (Å²) >= 11 is 0. The third-order valence-electron chi connectivity index (χ3n) is 3.63. The SMILES string of the molecule is CCNC(=NCc1cccc(C(=O)NC)c1)N1CC[C@@H](O)C1.I. The molecule has 0 radical (unpaired) electrons. The Morgan fingerprint density at radius 3 is 2.87 bits per heavy atom. The Kier molecular flexibility index (Phi) is 8.32. The highest BCUT2D eigenvalue weighted by Gasteiger charge is 2.22. The van der Waals surface area contributed by atoms with Crippen molar-refractivity contribution < 1.29 is 9.90 Å². The van der Waals surface area contributed by atoms with Crippen molar-refractivity contribution in [3.8, 4) is 0 Å². The number of hydrogen-bond acceptors (Lipinski definition) is 3. The summed E-state index contributed by atoms with van der Waals surface area (Å²) in [6, 6.07) is 7.46. The second-order valence-electron chi connectivity index (χ2n) is 5.34. The Morgan fingerprint density at radius 2 is 2.26 bits per heavy atom. The highest BCUT2D eigenvalue weighted by molar-refractivity contribution is 14.0. The van der Waals surface area contributed by atoms with E-state index in [2.05, 4.69) is 20.5 Å². The van der Waals surface area contributed by atoms with E-state index in [-0.39, 0.29) is 36.0 Å². The summed E-state index contributed by atoms with van der Waals surface area (Å²) < 4.78 is 0. The molecule has 1 atom stereocenters. The normalized spacial score (nSPS) is 17.6. The van der Waals surface area contributed by atoms with Gasteiger partial charge in [-0.2, -0.15) is 0 Å². The van der Waals surface area contributed by atoms with Gasteiger partial charge in [0.25, 0.3) is 5.91 Å². The van der Waals surface area contributed by atoms with Gasteiger partial charge in [0.2, 0.25) is 0 Å². The molecule has 0 aliphatic carbocycles. The third kappa shape index (κ3) is 5.65. The van der Waals surface area contributed by atoms with Crippen LogP contribution in [0.15, 0.2) is 29.3 Å². The number of amides is 1. The molecule has 1 amide bonds. The van der Waals surface area contributed by atoms with Crippen molar-refractivity contribution in [2.75, 3.05) is 26.7 Å². The van der Waals surface area contributed by atoms with Crippen molar-refractivity contribution in [2.24, 2.45) is 4.99 Å². The van der Waals surface area contributed by atoms with Gasteiger partial charge in [-0.3, -0.25) is 4.79 Å². The lowest BCUT2D eigenvalue weighted by molar-refractivity contribution is 0.0963. The van der Waals surface area contributed by atoms with Crippen LogP contribution in [0.2, 0.25) is 0 Å². The molecule has 1 aliphatic heterocycles. The van der Waals surface area contributed by atoms with E-state index in [0.717, 1.165) is 31.0 Å². The molecule has 128 valence electrons. The summed E-state index contributed by atoms with van der Waals surface area (Å²) in [4.78, 5) is 18.3. The largest absolute Gasteiger partial charge is 0.391 e. The van der Waals surface area contributed by atoms with Gasteiger partial charge < -0.3 is 20.6 Å². The Morgan fingerprint density at radius 1 is 1.48 bits per heavy atom. The molecule has 7 heteroatoms. The van der Waals surface area contributed by atoms with E-state index in [1.165, 1.54) is 0 Å². The lowest BCUT2D eigenvalue weighted by atomic mass is 10.1. The number of aliphatic imine (C=N–C) groups is 1. The molecule has 0 spiro atoms. The molecule has 1 aromatic carbocycles. The number of carbonyl (C=O) groups is 1. The first kappa shape index (κ1) is 19.7. The van der Waals surface area contributed by atoms with Gasteiger partial charge in [0, 0.05) is 32.2 Å². The third-order valence-corrected chi connectivity index (χ3v) is 3.63. The Labute approximate surface area is 154 Å². The van der Waals surface area contributed by atoms with Crippen LogP contribution in [-0.2, 0) is 6.54 Å². The lowest BCUT2D eigenvalue weighted by Crippen LogP contribution is -2.40. The Balaban J connectivity index is 0.00000264. The van der Waals surface area contributed by atoms with Crippen molar-refractivity contribution in [3.63, 3.8) is 0 Å². The molecule has 1 aliphatic rings. The number of nitrogens with one attached hydrogen (secondary N) is 2. The zero-order valence-electron chi connectivity index (χ0n) is 13.6. The fraction of sp³-hybridized carbons (Fsp3) is 0.500. The molecule has 6 nitrogen and oxygen atoms in total. The minimum Gasteiger partial charge on any atom is -0.391 e. The van der Waals surface area contributed by atoms with Crippen molar-refractivity contribution >= 4 is 35.8 Å². The number of aliphatic hydroxyl groups is 1. The fourth-order valence-electron chi connectivity index (χ4n) is 2.48. The number of β-amino-alcohol motifs (C(OH)–C–C–N with tert-alkyl or cyclic N) is 1. The molecular formula is C16H25IN4O2. The predicted molar refractivity (Wildman–Crippen MR) is 102 cm³/mol. The highest BCUT2D eigenvalue weighted by Crippen LogP contribution is 2.11. The maximum Gasteiger partial charge on any atom is 0.251 e. The van der Waals surface area contributed by atoms with E-state index in [4.69, 9.17) is 0 Å². The van der Waals surface area contributed by atoms with Crippen molar-refractivity contribution in [1.29, 1.82) is 0 Å². The van der Waals surface area contributed by atoms with Crippen LogP contribution in [0.5, 0.6) is 0 Å². The fourth-order valence-corrected chi connectivity index (χ4v) is 2.48. The highest BCUT2D eigenvalue weighted by atomic mass is 127. The summed E-state index contributed by atoms with van der Waals surface area (Å²) in [5, 5.41) is 15.5. The first-order valence-corrected chi connectivity index (χ1v) is 7.66. The number of carbonyl (C=O) groups excluding carboxylic acids is 1. The smallest absolute Gasteiger partial charge is 0.251 e. The maximum absolute atomic E-state index is 11.7. The first-order valence-electron chi connectivity index (χ1n) is 7.66. The van der Waals surface area contributed by atoms with Gasteiger partial charge in [-0.05, 0) is 31.0 Å². The number of likely N-dealkylation sites (tertiary alicyclic amines) is 1. The summed E-state index contributed by atoms with van der Waals surface area (Å²) in [6.45, 7) is 4.73. The van der Waals surface area contributed by atoms with Gasteiger partial charge in [0.1, 0.15) is 0 Å². The summed E-state index contributed by atoms with van der Waals surface area (Å²) in [6.07, 6.45) is 0.497. The second kappa shape index (κ2) is 9.71. The number of guanidine groups is 1. The Hall–Kier alpha value is -1.35. The number of nitrogens with zero attached hydrogens (tertiary/aromatic N) is 2. The molecule has 23 heavy (non-hydrogen) atoms. The first-order chi connectivity index (χ1) is 10.6. The van der Waals surface area contributed by atoms with Crippen molar-refractivity contribution in [1.82, 2.24) is 15.5 Å². The molecule has 0 aromatic heterocycles. The average molecular weight is 432 g/mol. The van der Waals surface area contributed by atoms with E-state index >= 15 is 0 Å². The second-order valence-corrected chi connectivity index (χ2v) is 5.34. The molecule has 2 rings (SSSR count). The molecule has 1 aromatic rings. The van der Waals surface area contributed by atoms with Crippen LogP contribution in [-0.4, -0.2) is 54.7 Å². The van der Waals surface area contributed by atoms with Crippen LogP contribution >= 0.6 is 24.0 Å². The monoisotopic (exact) mass is 432 g/mol. The van der Waals surface area contributed by atoms with E-state index < -0.39 is 0 Å². The molecule has 1 heterocycles. The van der Waals surface area contributed by atoms with E-state index in [1.807, 2.05) is 25.1 Å². The number of rotatable bonds is 4. The van der Waals surface area contributed by atoms with E-state index in [9.17, 15) is 9.90 Å². The van der Waals surface area contributed by atoms with Gasteiger partial charge in [0.15, 0.2) is 5.96 Å². The van der Waals surface area contributed by atoms with Gasteiger partial charge in [-0.15, -0.1) is 24.0 Å². The molecule has 3 N–H and O–H groups in total. The molecule has 1 saturated heterocycles. The molecule has 0 unspecified atom stereocenters. The summed E-state index contributed by atoms with van der Waals surface area (Å²) in [5.74, 6) is 0.713. The molecule has 0 bridgehead atoms. The van der Waals surface area contributed by atoms with Crippen LogP contribution < -0.4 is 10.6 Å². The van der Waals surface area contributed by atoms with E-state index in [1.54, 1.807) is 13.1 Å². The average Bonchev–Trinajstić information content (AvgIpc) is 2.97. The standard InChI is InChI=1S/C16H24N4O2.HI/c1-3-18-16(20-8-7-14(21)11-20)19-10-12-5-4-6-13(9-12)15(22)17-2;/h4-6,9,14,21H,3,7-8,10-11H2,1-2H3,(H,17,22)(H,18,19);1H/t14-;/m1./s1. The number of benzene rings is 1. The predicted octanol–water partition coefficient (Wildman–Crippen LogP) is 1.20. The minimum atomic E-state index is -0.277.